The predicted molar refractivity (Wildman–Crippen MR) is 66.3 cm³/mol. The molecule has 1 amide bonds. The van der Waals surface area contributed by atoms with Crippen molar-refractivity contribution in [2.24, 2.45) is 0 Å². The third kappa shape index (κ3) is 3.51. The quantitative estimate of drug-likeness (QED) is 0.841. The van der Waals surface area contributed by atoms with Gasteiger partial charge in [0.1, 0.15) is 5.01 Å². The van der Waals surface area contributed by atoms with Crippen LogP contribution < -0.4 is 5.32 Å². The molecule has 0 saturated carbocycles. The number of nitrogens with zero attached hydrogens (tertiary/aromatic N) is 3. The average Bonchev–Trinajstić information content (AvgIpc) is 2.95. The van der Waals surface area contributed by atoms with Crippen LogP contribution in [0.1, 0.15) is 22.4 Å². The number of hydrogen-bond donors (Lipinski definition) is 1. The van der Waals surface area contributed by atoms with Crippen molar-refractivity contribution in [3.63, 3.8) is 0 Å². The average molecular weight is 287 g/mol. The highest BCUT2D eigenvalue weighted by atomic mass is 35.5. The van der Waals surface area contributed by atoms with Crippen LogP contribution in [0.4, 0.5) is 0 Å². The first-order valence-electron chi connectivity index (χ1n) is 5.22. The summed E-state index contributed by atoms with van der Waals surface area (Å²) in [5, 5.41) is 8.97. The first kappa shape index (κ1) is 13.0. The number of carbonyl (C=O) groups is 1. The van der Waals surface area contributed by atoms with E-state index in [2.05, 4.69) is 20.4 Å². The molecule has 2 aromatic heterocycles. The SMILES string of the molecule is Cc1nc(CNC(=O)Cc2nc(CCl)cs2)no1. The van der Waals surface area contributed by atoms with Crippen LogP contribution in [-0.4, -0.2) is 21.0 Å². The van der Waals surface area contributed by atoms with Gasteiger partial charge in [-0.25, -0.2) is 4.98 Å². The van der Waals surface area contributed by atoms with Crippen molar-refractivity contribution in [3.8, 4) is 0 Å². The molecule has 0 fully saturated rings. The van der Waals surface area contributed by atoms with Crippen molar-refractivity contribution in [2.75, 3.05) is 0 Å². The molecule has 8 heteroatoms. The van der Waals surface area contributed by atoms with Gasteiger partial charge in [0.2, 0.25) is 11.8 Å². The standard InChI is InChI=1S/C10H11ClN4O2S/c1-6-13-8(15-17-6)4-12-9(16)2-10-14-7(3-11)5-18-10/h5H,2-4H2,1H3,(H,12,16). The van der Waals surface area contributed by atoms with Gasteiger partial charge in [-0.3, -0.25) is 4.79 Å². The molecule has 6 nitrogen and oxygen atoms in total. The smallest absolute Gasteiger partial charge is 0.227 e. The summed E-state index contributed by atoms with van der Waals surface area (Å²) in [4.78, 5) is 19.8. The van der Waals surface area contributed by atoms with E-state index in [0.29, 0.717) is 17.6 Å². The fraction of sp³-hybridized carbons (Fsp3) is 0.400. The van der Waals surface area contributed by atoms with Crippen molar-refractivity contribution in [1.82, 2.24) is 20.4 Å². The molecular formula is C10H11ClN4O2S. The molecule has 0 saturated heterocycles. The Hall–Kier alpha value is -1.47. The highest BCUT2D eigenvalue weighted by Crippen LogP contribution is 2.12. The lowest BCUT2D eigenvalue weighted by Crippen LogP contribution is -2.25. The minimum atomic E-state index is -0.132. The first-order valence-corrected chi connectivity index (χ1v) is 6.64. The van der Waals surface area contributed by atoms with E-state index in [1.807, 2.05) is 5.38 Å². The number of carbonyl (C=O) groups excluding carboxylic acids is 1. The largest absolute Gasteiger partial charge is 0.348 e. The Balaban J connectivity index is 1.81. The van der Waals surface area contributed by atoms with Gasteiger partial charge in [-0.1, -0.05) is 5.16 Å². The van der Waals surface area contributed by atoms with E-state index in [-0.39, 0.29) is 18.9 Å². The van der Waals surface area contributed by atoms with Gasteiger partial charge in [0, 0.05) is 12.3 Å². The summed E-state index contributed by atoms with van der Waals surface area (Å²) in [5.41, 5.74) is 0.790. The molecule has 1 N–H and O–H groups in total. The van der Waals surface area contributed by atoms with Crippen molar-refractivity contribution < 1.29 is 9.32 Å². The molecule has 0 spiro atoms. The number of nitrogens with one attached hydrogen (secondary N) is 1. The van der Waals surface area contributed by atoms with Crippen LogP contribution in [0.2, 0.25) is 0 Å². The summed E-state index contributed by atoms with van der Waals surface area (Å²) in [6.07, 6.45) is 0.235. The van der Waals surface area contributed by atoms with E-state index in [1.165, 1.54) is 11.3 Å². The zero-order valence-corrected chi connectivity index (χ0v) is 11.2. The molecule has 0 aliphatic heterocycles. The number of amides is 1. The van der Waals surface area contributed by atoms with Crippen molar-refractivity contribution >= 4 is 28.8 Å². The summed E-state index contributed by atoms with van der Waals surface area (Å²) < 4.78 is 4.80. The third-order valence-corrected chi connectivity index (χ3v) is 3.23. The highest BCUT2D eigenvalue weighted by molar-refractivity contribution is 7.09. The summed E-state index contributed by atoms with van der Waals surface area (Å²) >= 11 is 7.06. The van der Waals surface area contributed by atoms with Gasteiger partial charge < -0.3 is 9.84 Å². The fourth-order valence-electron chi connectivity index (χ4n) is 1.28. The molecule has 0 aromatic carbocycles. The second-order valence-corrected chi connectivity index (χ2v) is 4.76. The van der Waals surface area contributed by atoms with Gasteiger partial charge in [-0.15, -0.1) is 22.9 Å². The van der Waals surface area contributed by atoms with Crippen LogP contribution in [0.3, 0.4) is 0 Å². The molecule has 0 bridgehead atoms. The monoisotopic (exact) mass is 286 g/mol. The topological polar surface area (TPSA) is 80.9 Å². The maximum absolute atomic E-state index is 11.6. The molecule has 0 aliphatic carbocycles. The van der Waals surface area contributed by atoms with Crippen LogP contribution >= 0.6 is 22.9 Å². The second-order valence-electron chi connectivity index (χ2n) is 3.55. The van der Waals surface area contributed by atoms with Gasteiger partial charge in [-0.05, 0) is 0 Å². The van der Waals surface area contributed by atoms with Gasteiger partial charge in [0.05, 0.1) is 24.5 Å². The van der Waals surface area contributed by atoms with E-state index < -0.39 is 0 Å². The molecule has 2 aromatic rings. The van der Waals surface area contributed by atoms with Crippen LogP contribution in [0.5, 0.6) is 0 Å². The number of hydrogen-bond acceptors (Lipinski definition) is 6. The van der Waals surface area contributed by atoms with E-state index in [4.69, 9.17) is 16.1 Å². The second kappa shape index (κ2) is 5.92. The number of halogens is 1. The number of thiazole rings is 1. The number of alkyl halides is 1. The Labute approximate surface area is 112 Å². The fourth-order valence-corrected chi connectivity index (χ4v) is 2.30. The zero-order valence-electron chi connectivity index (χ0n) is 9.64. The summed E-state index contributed by atoms with van der Waals surface area (Å²) in [6, 6.07) is 0. The van der Waals surface area contributed by atoms with Crippen LogP contribution in [0.15, 0.2) is 9.90 Å². The molecule has 0 unspecified atom stereocenters. The lowest BCUT2D eigenvalue weighted by atomic mass is 10.4. The summed E-state index contributed by atoms with van der Waals surface area (Å²) in [6.45, 7) is 1.95. The normalized spacial score (nSPS) is 10.6. The van der Waals surface area contributed by atoms with E-state index in [1.54, 1.807) is 6.92 Å². The molecule has 2 heterocycles. The summed E-state index contributed by atoms with van der Waals surface area (Å²) in [5.74, 6) is 1.17. The molecule has 96 valence electrons. The van der Waals surface area contributed by atoms with Crippen LogP contribution in [-0.2, 0) is 23.6 Å². The van der Waals surface area contributed by atoms with Crippen LogP contribution in [0.25, 0.3) is 0 Å². The van der Waals surface area contributed by atoms with Crippen molar-refractivity contribution in [2.45, 2.75) is 25.8 Å². The minimum Gasteiger partial charge on any atom is -0.348 e. The Morgan fingerprint density at radius 3 is 3.00 bits per heavy atom. The Morgan fingerprint density at radius 1 is 1.56 bits per heavy atom. The van der Waals surface area contributed by atoms with Crippen molar-refractivity contribution in [1.29, 1.82) is 0 Å². The number of aromatic nitrogens is 3. The Morgan fingerprint density at radius 2 is 2.39 bits per heavy atom. The summed E-state index contributed by atoms with van der Waals surface area (Å²) in [7, 11) is 0. The van der Waals surface area contributed by atoms with Gasteiger partial charge in [0.25, 0.3) is 0 Å². The lowest BCUT2D eigenvalue weighted by molar-refractivity contribution is -0.120. The highest BCUT2D eigenvalue weighted by Gasteiger charge is 2.09. The molecule has 2 rings (SSSR count). The van der Waals surface area contributed by atoms with Gasteiger partial charge in [-0.2, -0.15) is 4.98 Å². The molecule has 0 aliphatic rings. The van der Waals surface area contributed by atoms with Crippen LogP contribution in [0, 0.1) is 6.92 Å². The van der Waals surface area contributed by atoms with Crippen molar-refractivity contribution in [3.05, 3.63) is 27.8 Å². The molecule has 0 radical (unpaired) electrons. The third-order valence-electron chi connectivity index (χ3n) is 2.06. The molecular weight excluding hydrogens is 276 g/mol. The van der Waals surface area contributed by atoms with E-state index in [0.717, 1.165) is 10.7 Å². The van der Waals surface area contributed by atoms with Gasteiger partial charge >= 0.3 is 0 Å². The Kier molecular flexibility index (Phi) is 4.27. The Bertz CT molecular complexity index is 539. The van der Waals surface area contributed by atoms with E-state index in [9.17, 15) is 4.79 Å². The predicted octanol–water partition coefficient (Wildman–Crippen LogP) is 1.43. The lowest BCUT2D eigenvalue weighted by Gasteiger charge is -1.99. The number of aryl methyl sites for hydroxylation is 1. The molecule has 0 atom stereocenters. The van der Waals surface area contributed by atoms with Gasteiger partial charge in [0.15, 0.2) is 5.82 Å². The molecule has 18 heavy (non-hydrogen) atoms. The van der Waals surface area contributed by atoms with E-state index >= 15 is 0 Å². The maximum atomic E-state index is 11.6. The number of rotatable bonds is 5. The minimum absolute atomic E-state index is 0.132. The maximum Gasteiger partial charge on any atom is 0.227 e. The zero-order chi connectivity index (χ0) is 13.0. The first-order chi connectivity index (χ1) is 8.67.